The van der Waals surface area contributed by atoms with Crippen LogP contribution in [0, 0.1) is 0 Å². The monoisotopic (exact) mass is 232 g/mol. The molecule has 1 rings (SSSR count). The van der Waals surface area contributed by atoms with Crippen LogP contribution in [0.4, 0.5) is 0 Å². The average Bonchev–Trinajstić information content (AvgIpc) is 2.33. The van der Waals surface area contributed by atoms with Gasteiger partial charge in [-0.25, -0.2) is 0 Å². The number of aliphatic hydroxyl groups is 1. The summed E-state index contributed by atoms with van der Waals surface area (Å²) in [6, 6.07) is 1.92. The molecule has 1 heterocycles. The van der Waals surface area contributed by atoms with Gasteiger partial charge in [-0.1, -0.05) is 0 Å². The van der Waals surface area contributed by atoms with E-state index in [4.69, 9.17) is 0 Å². The van der Waals surface area contributed by atoms with Crippen molar-refractivity contribution in [3.05, 3.63) is 22.4 Å². The van der Waals surface area contributed by atoms with Gasteiger partial charge in [-0.05, 0) is 29.0 Å². The molecule has 0 fully saturated rings. The van der Waals surface area contributed by atoms with Crippen LogP contribution in [0.2, 0.25) is 0 Å². The fraction of sp³-hybridized carbons (Fsp3) is 0.500. The molecule has 3 nitrogen and oxygen atoms in total. The summed E-state index contributed by atoms with van der Waals surface area (Å²) in [7, 11) is 3.75. The molecule has 0 aliphatic carbocycles. The summed E-state index contributed by atoms with van der Waals surface area (Å²) < 4.78 is 2.90. The van der Waals surface area contributed by atoms with Crippen molar-refractivity contribution in [2.45, 2.75) is 6.10 Å². The molecule has 0 aromatic carbocycles. The van der Waals surface area contributed by atoms with Crippen molar-refractivity contribution in [1.82, 2.24) is 9.88 Å². The summed E-state index contributed by atoms with van der Waals surface area (Å²) in [5.41, 5.74) is 0.929. The van der Waals surface area contributed by atoms with E-state index in [0.717, 1.165) is 10.2 Å². The minimum Gasteiger partial charge on any atom is -0.387 e. The lowest BCUT2D eigenvalue weighted by atomic mass is 10.2. The molecule has 4 heteroatoms. The second-order valence-corrected chi connectivity index (χ2v) is 3.59. The number of halogens is 1. The zero-order valence-electron chi connectivity index (χ0n) is 7.21. The van der Waals surface area contributed by atoms with Crippen LogP contribution in [0.15, 0.2) is 16.9 Å². The highest BCUT2D eigenvalue weighted by Gasteiger charge is 2.08. The van der Waals surface area contributed by atoms with Crippen molar-refractivity contribution in [1.29, 1.82) is 0 Å². The highest BCUT2D eigenvalue weighted by molar-refractivity contribution is 9.10. The molecule has 0 saturated heterocycles. The van der Waals surface area contributed by atoms with Crippen molar-refractivity contribution in [2.24, 2.45) is 7.05 Å². The molecule has 1 atom stereocenters. The zero-order chi connectivity index (χ0) is 9.14. The quantitative estimate of drug-likeness (QED) is 0.818. The van der Waals surface area contributed by atoms with Crippen LogP contribution in [0.3, 0.4) is 0 Å². The molecule has 68 valence electrons. The zero-order valence-corrected chi connectivity index (χ0v) is 8.80. The molecule has 12 heavy (non-hydrogen) atoms. The third-order valence-corrected chi connectivity index (χ3v) is 2.54. The SMILES string of the molecule is CNCC(O)c1cc(Br)n(C)c1. The van der Waals surface area contributed by atoms with Gasteiger partial charge in [0.25, 0.3) is 0 Å². The summed E-state index contributed by atoms with van der Waals surface area (Å²) in [5, 5.41) is 12.5. The van der Waals surface area contributed by atoms with Crippen LogP contribution in [-0.4, -0.2) is 23.3 Å². The molecule has 1 aromatic rings. The van der Waals surface area contributed by atoms with Gasteiger partial charge in [-0.15, -0.1) is 0 Å². The molecule has 0 amide bonds. The summed E-state index contributed by atoms with van der Waals surface area (Å²) in [4.78, 5) is 0. The molecule has 1 unspecified atom stereocenters. The molecule has 2 N–H and O–H groups in total. The molecular formula is C8H13BrN2O. The second kappa shape index (κ2) is 4.07. The van der Waals surface area contributed by atoms with E-state index in [-0.39, 0.29) is 0 Å². The number of rotatable bonds is 3. The molecule has 1 aromatic heterocycles. The molecule has 0 spiro atoms. The summed E-state index contributed by atoms with van der Waals surface area (Å²) in [5.74, 6) is 0. The van der Waals surface area contributed by atoms with E-state index in [9.17, 15) is 5.11 Å². The van der Waals surface area contributed by atoms with Crippen molar-refractivity contribution in [3.8, 4) is 0 Å². The Morgan fingerprint density at radius 1 is 1.75 bits per heavy atom. The van der Waals surface area contributed by atoms with E-state index in [1.807, 2.05) is 30.9 Å². The Morgan fingerprint density at radius 3 is 2.83 bits per heavy atom. The Labute approximate surface area is 80.5 Å². The maximum atomic E-state index is 9.56. The first-order chi connectivity index (χ1) is 5.65. The number of nitrogens with zero attached hydrogens (tertiary/aromatic N) is 1. The number of likely N-dealkylation sites (N-methyl/N-ethyl adjacent to an activating group) is 1. The van der Waals surface area contributed by atoms with Crippen LogP contribution in [-0.2, 0) is 7.05 Å². The smallest absolute Gasteiger partial charge is 0.0929 e. The first-order valence-electron chi connectivity index (χ1n) is 3.79. The highest BCUT2D eigenvalue weighted by atomic mass is 79.9. The van der Waals surface area contributed by atoms with Crippen LogP contribution in [0.1, 0.15) is 11.7 Å². The van der Waals surface area contributed by atoms with Gasteiger partial charge in [0.1, 0.15) is 0 Å². The Balaban J connectivity index is 2.74. The number of nitrogens with one attached hydrogen (secondary N) is 1. The van der Waals surface area contributed by atoms with Gasteiger partial charge >= 0.3 is 0 Å². The van der Waals surface area contributed by atoms with Gasteiger partial charge < -0.3 is 15.0 Å². The predicted molar refractivity (Wildman–Crippen MR) is 52.0 cm³/mol. The maximum absolute atomic E-state index is 9.56. The Morgan fingerprint density at radius 2 is 2.42 bits per heavy atom. The average molecular weight is 233 g/mol. The fourth-order valence-electron chi connectivity index (χ4n) is 1.06. The standard InChI is InChI=1S/C8H13BrN2O/c1-10-4-7(12)6-3-8(9)11(2)5-6/h3,5,7,10,12H,4H2,1-2H3. The summed E-state index contributed by atoms with van der Waals surface area (Å²) >= 11 is 3.37. The van der Waals surface area contributed by atoms with Gasteiger partial charge in [-0.2, -0.15) is 0 Å². The lowest BCUT2D eigenvalue weighted by Crippen LogP contribution is -2.16. The lowest BCUT2D eigenvalue weighted by Gasteiger charge is -2.06. The first kappa shape index (κ1) is 9.77. The third-order valence-electron chi connectivity index (χ3n) is 1.75. The maximum Gasteiger partial charge on any atom is 0.0929 e. The molecule has 0 radical (unpaired) electrons. The predicted octanol–water partition coefficient (Wildman–Crippen LogP) is 1.04. The largest absolute Gasteiger partial charge is 0.387 e. The number of hydrogen-bond acceptors (Lipinski definition) is 2. The van der Waals surface area contributed by atoms with Crippen molar-refractivity contribution >= 4 is 15.9 Å². The van der Waals surface area contributed by atoms with E-state index in [1.165, 1.54) is 0 Å². The van der Waals surface area contributed by atoms with Gasteiger partial charge in [-0.3, -0.25) is 0 Å². The van der Waals surface area contributed by atoms with E-state index in [2.05, 4.69) is 21.2 Å². The van der Waals surface area contributed by atoms with Gasteiger partial charge in [0.2, 0.25) is 0 Å². The number of hydrogen-bond donors (Lipinski definition) is 2. The number of aliphatic hydroxyl groups excluding tert-OH is 1. The Kier molecular flexibility index (Phi) is 3.31. The van der Waals surface area contributed by atoms with E-state index >= 15 is 0 Å². The van der Waals surface area contributed by atoms with Gasteiger partial charge in [0, 0.05) is 25.4 Å². The topological polar surface area (TPSA) is 37.2 Å². The molecule has 0 bridgehead atoms. The van der Waals surface area contributed by atoms with Crippen molar-refractivity contribution in [2.75, 3.05) is 13.6 Å². The normalized spacial score (nSPS) is 13.3. The van der Waals surface area contributed by atoms with Crippen LogP contribution in [0.5, 0.6) is 0 Å². The Hall–Kier alpha value is -0.320. The van der Waals surface area contributed by atoms with Crippen LogP contribution < -0.4 is 5.32 Å². The highest BCUT2D eigenvalue weighted by Crippen LogP contribution is 2.19. The van der Waals surface area contributed by atoms with E-state index in [1.54, 1.807) is 0 Å². The first-order valence-corrected chi connectivity index (χ1v) is 4.59. The third kappa shape index (κ3) is 2.09. The minimum atomic E-state index is -0.424. The fourth-order valence-corrected chi connectivity index (χ4v) is 1.42. The molecule has 0 aliphatic heterocycles. The second-order valence-electron chi connectivity index (χ2n) is 2.78. The van der Waals surface area contributed by atoms with Gasteiger partial charge in [0.15, 0.2) is 0 Å². The number of aromatic nitrogens is 1. The summed E-state index contributed by atoms with van der Waals surface area (Å²) in [6.45, 7) is 0.580. The minimum absolute atomic E-state index is 0.424. The Bertz CT molecular complexity index is 240. The van der Waals surface area contributed by atoms with Crippen LogP contribution >= 0.6 is 15.9 Å². The molecule has 0 saturated carbocycles. The van der Waals surface area contributed by atoms with Gasteiger partial charge in [0.05, 0.1) is 10.7 Å². The van der Waals surface area contributed by atoms with E-state index < -0.39 is 6.10 Å². The lowest BCUT2D eigenvalue weighted by molar-refractivity contribution is 0.178. The summed E-state index contributed by atoms with van der Waals surface area (Å²) in [6.07, 6.45) is 1.49. The van der Waals surface area contributed by atoms with Crippen molar-refractivity contribution in [3.63, 3.8) is 0 Å². The molecule has 0 aliphatic rings. The number of aryl methyl sites for hydroxylation is 1. The van der Waals surface area contributed by atoms with Crippen molar-refractivity contribution < 1.29 is 5.11 Å². The van der Waals surface area contributed by atoms with Crippen LogP contribution in [0.25, 0.3) is 0 Å². The van der Waals surface area contributed by atoms with E-state index in [0.29, 0.717) is 6.54 Å². The molecular weight excluding hydrogens is 220 g/mol.